The molecule has 0 atom stereocenters. The van der Waals surface area contributed by atoms with E-state index in [9.17, 15) is 0 Å². The molecule has 0 aromatic carbocycles. The fraction of sp³-hybridized carbons (Fsp3) is 0.200. The molecule has 1 aromatic heterocycles. The molecular formula is C5H5BrN2S2. The molecule has 1 aromatic rings. The van der Waals surface area contributed by atoms with Crippen LogP contribution in [0.5, 0.6) is 0 Å². The number of halogens is 1. The van der Waals surface area contributed by atoms with Gasteiger partial charge in [0.1, 0.15) is 0 Å². The lowest BCUT2D eigenvalue weighted by Crippen LogP contribution is -2.10. The summed E-state index contributed by atoms with van der Waals surface area (Å²) in [5.74, 6) is 0. The molecule has 1 heterocycles. The van der Waals surface area contributed by atoms with Crippen molar-refractivity contribution in [2.24, 2.45) is 5.73 Å². The molecule has 54 valence electrons. The Labute approximate surface area is 76.6 Å². The number of nitrogens with zero attached hydrogens (tertiary/aromatic N) is 1. The van der Waals surface area contributed by atoms with E-state index in [-0.39, 0.29) is 0 Å². The maximum atomic E-state index is 5.31. The highest BCUT2D eigenvalue weighted by Gasteiger charge is 1.99. The SMILES string of the molecule is NC(=S)Cc1csc(Br)n1. The number of aromatic nitrogens is 1. The zero-order valence-corrected chi connectivity index (χ0v) is 8.22. The van der Waals surface area contributed by atoms with E-state index in [0.29, 0.717) is 11.4 Å². The molecule has 0 amide bonds. The van der Waals surface area contributed by atoms with Crippen molar-refractivity contribution in [3.05, 3.63) is 15.0 Å². The fourth-order valence-electron chi connectivity index (χ4n) is 0.542. The minimum Gasteiger partial charge on any atom is -0.393 e. The summed E-state index contributed by atoms with van der Waals surface area (Å²) in [7, 11) is 0. The van der Waals surface area contributed by atoms with Gasteiger partial charge < -0.3 is 5.73 Å². The topological polar surface area (TPSA) is 38.9 Å². The van der Waals surface area contributed by atoms with Gasteiger partial charge in [0.25, 0.3) is 0 Å². The minimum absolute atomic E-state index is 0.484. The standard InChI is InChI=1S/C5H5BrN2S2/c6-5-8-3(2-10-5)1-4(7)9/h2H,1H2,(H2,7,9). The van der Waals surface area contributed by atoms with Crippen molar-refractivity contribution in [2.45, 2.75) is 6.42 Å². The number of hydrogen-bond donors (Lipinski definition) is 1. The van der Waals surface area contributed by atoms with Crippen LogP contribution in [-0.2, 0) is 6.42 Å². The Balaban J connectivity index is 2.67. The van der Waals surface area contributed by atoms with Gasteiger partial charge in [0.15, 0.2) is 3.92 Å². The summed E-state index contributed by atoms with van der Waals surface area (Å²) >= 11 is 9.50. The first kappa shape index (κ1) is 8.10. The number of thiocarbonyl (C=S) groups is 1. The molecule has 0 aliphatic carbocycles. The smallest absolute Gasteiger partial charge is 0.159 e. The molecule has 0 bridgehead atoms. The van der Waals surface area contributed by atoms with Crippen LogP contribution in [0, 0.1) is 0 Å². The third-order valence-electron chi connectivity index (χ3n) is 0.879. The zero-order valence-electron chi connectivity index (χ0n) is 5.00. The highest BCUT2D eigenvalue weighted by Crippen LogP contribution is 2.15. The van der Waals surface area contributed by atoms with E-state index in [2.05, 4.69) is 20.9 Å². The molecule has 0 aliphatic rings. The van der Waals surface area contributed by atoms with Crippen molar-refractivity contribution in [1.82, 2.24) is 4.98 Å². The van der Waals surface area contributed by atoms with Crippen molar-refractivity contribution in [2.75, 3.05) is 0 Å². The second kappa shape index (κ2) is 3.41. The molecule has 0 aliphatic heterocycles. The monoisotopic (exact) mass is 236 g/mol. The lowest BCUT2D eigenvalue weighted by molar-refractivity contribution is 1.17. The minimum atomic E-state index is 0.484. The Morgan fingerprint density at radius 1 is 1.90 bits per heavy atom. The molecule has 10 heavy (non-hydrogen) atoms. The summed E-state index contributed by atoms with van der Waals surface area (Å²) in [6.45, 7) is 0. The van der Waals surface area contributed by atoms with Crippen molar-refractivity contribution in [3.8, 4) is 0 Å². The molecular weight excluding hydrogens is 232 g/mol. The molecule has 0 radical (unpaired) electrons. The van der Waals surface area contributed by atoms with Gasteiger partial charge in [-0.25, -0.2) is 4.98 Å². The van der Waals surface area contributed by atoms with E-state index in [1.54, 1.807) is 0 Å². The van der Waals surface area contributed by atoms with Crippen LogP contribution in [0.1, 0.15) is 5.69 Å². The van der Waals surface area contributed by atoms with Gasteiger partial charge in [0.2, 0.25) is 0 Å². The maximum absolute atomic E-state index is 5.31. The predicted octanol–water partition coefficient (Wildman–Crippen LogP) is 1.73. The van der Waals surface area contributed by atoms with Gasteiger partial charge in [-0.1, -0.05) is 12.2 Å². The molecule has 1 rings (SSSR count). The van der Waals surface area contributed by atoms with Crippen LogP contribution >= 0.6 is 39.5 Å². The van der Waals surface area contributed by atoms with Crippen LogP contribution in [0.2, 0.25) is 0 Å². The Morgan fingerprint density at radius 3 is 3.00 bits per heavy atom. The first-order valence-corrected chi connectivity index (χ1v) is 4.65. The van der Waals surface area contributed by atoms with Crippen molar-refractivity contribution in [1.29, 1.82) is 0 Å². The van der Waals surface area contributed by atoms with Crippen LogP contribution in [0.3, 0.4) is 0 Å². The summed E-state index contributed by atoms with van der Waals surface area (Å²) < 4.78 is 0.874. The third kappa shape index (κ3) is 2.32. The third-order valence-corrected chi connectivity index (χ3v) is 2.44. The second-order valence-electron chi connectivity index (χ2n) is 1.73. The predicted molar refractivity (Wildman–Crippen MR) is 50.3 cm³/mol. The lowest BCUT2D eigenvalue weighted by Gasteiger charge is -1.89. The molecule has 5 heteroatoms. The van der Waals surface area contributed by atoms with Crippen molar-refractivity contribution in [3.63, 3.8) is 0 Å². The summed E-state index contributed by atoms with van der Waals surface area (Å²) in [4.78, 5) is 4.60. The van der Waals surface area contributed by atoms with Gasteiger partial charge in [-0.2, -0.15) is 0 Å². The van der Waals surface area contributed by atoms with E-state index in [0.717, 1.165) is 9.61 Å². The molecule has 0 unspecified atom stereocenters. The van der Waals surface area contributed by atoms with Crippen molar-refractivity contribution >= 4 is 44.5 Å². The maximum Gasteiger partial charge on any atom is 0.159 e. The lowest BCUT2D eigenvalue weighted by atomic mass is 10.3. The van der Waals surface area contributed by atoms with Crippen LogP contribution < -0.4 is 5.73 Å². The Hall–Kier alpha value is -0.0000000000000000555. The van der Waals surface area contributed by atoms with E-state index in [4.69, 9.17) is 18.0 Å². The number of hydrogen-bond acceptors (Lipinski definition) is 3. The Bertz CT molecular complexity index is 246. The first-order chi connectivity index (χ1) is 4.68. The summed E-state index contributed by atoms with van der Waals surface area (Å²) in [5, 5.41) is 1.93. The molecule has 0 spiro atoms. The van der Waals surface area contributed by atoms with E-state index < -0.39 is 0 Å². The quantitative estimate of drug-likeness (QED) is 0.796. The van der Waals surface area contributed by atoms with Gasteiger partial charge >= 0.3 is 0 Å². The van der Waals surface area contributed by atoms with Crippen LogP contribution in [-0.4, -0.2) is 9.97 Å². The molecule has 0 fully saturated rings. The fourth-order valence-corrected chi connectivity index (χ4v) is 1.74. The average molecular weight is 237 g/mol. The molecule has 0 saturated carbocycles. The Morgan fingerprint density at radius 2 is 2.60 bits per heavy atom. The Kier molecular flexibility index (Phi) is 2.76. The largest absolute Gasteiger partial charge is 0.393 e. The summed E-state index contributed by atoms with van der Waals surface area (Å²) in [5.41, 5.74) is 6.25. The van der Waals surface area contributed by atoms with E-state index >= 15 is 0 Å². The first-order valence-electron chi connectivity index (χ1n) is 2.56. The van der Waals surface area contributed by atoms with E-state index in [1.807, 2.05) is 5.38 Å². The van der Waals surface area contributed by atoms with Crippen LogP contribution in [0.25, 0.3) is 0 Å². The summed E-state index contributed by atoms with van der Waals surface area (Å²) in [6.07, 6.45) is 0.595. The highest BCUT2D eigenvalue weighted by molar-refractivity contribution is 9.11. The van der Waals surface area contributed by atoms with Gasteiger partial charge in [-0.3, -0.25) is 0 Å². The van der Waals surface area contributed by atoms with Gasteiger partial charge in [0.05, 0.1) is 10.7 Å². The van der Waals surface area contributed by atoms with Crippen LogP contribution in [0.15, 0.2) is 9.30 Å². The zero-order chi connectivity index (χ0) is 7.56. The number of thiazole rings is 1. The second-order valence-corrected chi connectivity index (χ2v) is 4.39. The molecule has 2 nitrogen and oxygen atoms in total. The number of rotatable bonds is 2. The highest BCUT2D eigenvalue weighted by atomic mass is 79.9. The van der Waals surface area contributed by atoms with Crippen LogP contribution in [0.4, 0.5) is 0 Å². The molecule has 2 N–H and O–H groups in total. The number of nitrogens with two attached hydrogens (primary N) is 1. The van der Waals surface area contributed by atoms with Crippen molar-refractivity contribution < 1.29 is 0 Å². The average Bonchev–Trinajstić information content (AvgIpc) is 2.13. The summed E-state index contributed by atoms with van der Waals surface area (Å²) in [6, 6.07) is 0. The molecule has 0 saturated heterocycles. The van der Waals surface area contributed by atoms with Gasteiger partial charge in [0, 0.05) is 11.8 Å². The van der Waals surface area contributed by atoms with Gasteiger partial charge in [-0.05, 0) is 15.9 Å². The normalized spacial score (nSPS) is 9.70. The van der Waals surface area contributed by atoms with Gasteiger partial charge in [-0.15, -0.1) is 11.3 Å². The van der Waals surface area contributed by atoms with E-state index in [1.165, 1.54) is 11.3 Å².